The first kappa shape index (κ1) is 28.2. The molecule has 0 aliphatic rings. The highest BCUT2D eigenvalue weighted by Gasteiger charge is 2.17. The molecule has 6 aromatic rings. The number of rotatable bonds is 4. The number of nitrogens with zero attached hydrogens (tertiary/aromatic N) is 3. The van der Waals surface area contributed by atoms with Crippen LogP contribution >= 0.6 is 57.5 Å². The number of aromatic amines is 1. The number of aryl methyl sites for hydroxylation is 2. The van der Waals surface area contributed by atoms with E-state index in [-0.39, 0.29) is 5.56 Å². The molecule has 4 aromatic heterocycles. The van der Waals surface area contributed by atoms with E-state index in [0.717, 1.165) is 50.3 Å². The zero-order valence-corrected chi connectivity index (χ0v) is 25.2. The van der Waals surface area contributed by atoms with Crippen LogP contribution in [0.4, 0.5) is 0 Å². The molecule has 0 unspecified atom stereocenters. The van der Waals surface area contributed by atoms with Crippen molar-refractivity contribution in [3.8, 4) is 44.5 Å². The maximum absolute atomic E-state index is 12.2. The van der Waals surface area contributed by atoms with Crippen LogP contribution in [0.25, 0.3) is 44.5 Å². The Bertz CT molecular complexity index is 1800. The number of hydrogen-bond acceptors (Lipinski definition) is 6. The van der Waals surface area contributed by atoms with Gasteiger partial charge in [-0.3, -0.25) is 4.79 Å². The van der Waals surface area contributed by atoms with Crippen LogP contribution in [0.3, 0.4) is 0 Å². The number of aromatic nitrogens is 4. The van der Waals surface area contributed by atoms with Gasteiger partial charge in [0.25, 0.3) is 5.56 Å². The van der Waals surface area contributed by atoms with Crippen LogP contribution in [-0.2, 0) is 0 Å². The second-order valence-electron chi connectivity index (χ2n) is 8.75. The van der Waals surface area contributed by atoms with E-state index in [0.29, 0.717) is 20.8 Å². The molecule has 0 saturated heterocycles. The number of hydrogen-bond donors (Lipinski definition) is 1. The van der Waals surface area contributed by atoms with E-state index in [1.807, 2.05) is 90.7 Å². The van der Waals surface area contributed by atoms with Crippen LogP contribution in [0, 0.1) is 13.8 Å². The number of thiophene rings is 2. The minimum atomic E-state index is -0.182. The third kappa shape index (κ3) is 6.04. The van der Waals surface area contributed by atoms with E-state index in [1.54, 1.807) is 22.7 Å². The molecule has 40 heavy (non-hydrogen) atoms. The summed E-state index contributed by atoms with van der Waals surface area (Å²) in [5, 5.41) is 24.6. The summed E-state index contributed by atoms with van der Waals surface area (Å²) in [5.41, 5.74) is 8.81. The summed E-state index contributed by atoms with van der Waals surface area (Å²) in [6, 6.07) is 19.1. The number of benzene rings is 2. The lowest BCUT2D eigenvalue weighted by Gasteiger charge is -2.12. The van der Waals surface area contributed by atoms with Gasteiger partial charge in [0.2, 0.25) is 0 Å². The van der Waals surface area contributed by atoms with Gasteiger partial charge in [-0.25, -0.2) is 5.10 Å². The summed E-state index contributed by atoms with van der Waals surface area (Å²) in [6.45, 7) is 3.82. The minimum absolute atomic E-state index is 0.182. The van der Waals surface area contributed by atoms with Crippen molar-refractivity contribution in [2.75, 3.05) is 0 Å². The van der Waals surface area contributed by atoms with Gasteiger partial charge in [0.05, 0.1) is 17.0 Å². The molecule has 0 aliphatic carbocycles. The van der Waals surface area contributed by atoms with E-state index < -0.39 is 0 Å². The molecular formula is C30H21Cl3N4OS2. The van der Waals surface area contributed by atoms with E-state index in [9.17, 15) is 4.79 Å². The summed E-state index contributed by atoms with van der Waals surface area (Å²) in [5.74, 6) is 0. The van der Waals surface area contributed by atoms with Crippen molar-refractivity contribution in [3.05, 3.63) is 119 Å². The molecular weight excluding hydrogens is 603 g/mol. The number of halogens is 3. The molecule has 0 amide bonds. The zero-order chi connectivity index (χ0) is 28.2. The third-order valence-corrected chi connectivity index (χ3v) is 8.29. The van der Waals surface area contributed by atoms with Crippen molar-refractivity contribution >= 4 is 57.5 Å². The lowest BCUT2D eigenvalue weighted by Crippen LogP contribution is -2.13. The molecule has 1 N–H and O–H groups in total. The Morgan fingerprint density at radius 3 is 1.60 bits per heavy atom. The van der Waals surface area contributed by atoms with E-state index in [4.69, 9.17) is 34.8 Å². The van der Waals surface area contributed by atoms with Crippen molar-refractivity contribution < 1.29 is 0 Å². The van der Waals surface area contributed by atoms with Crippen LogP contribution < -0.4 is 5.56 Å². The number of H-pyrrole nitrogens is 1. The average Bonchev–Trinajstić information content (AvgIpc) is 3.68. The zero-order valence-electron chi connectivity index (χ0n) is 21.3. The maximum atomic E-state index is 12.2. The van der Waals surface area contributed by atoms with Gasteiger partial charge in [0.15, 0.2) is 5.15 Å². The molecule has 5 nitrogen and oxygen atoms in total. The Balaban J connectivity index is 0.000000161. The second-order valence-corrected chi connectivity index (χ2v) is 11.5. The van der Waals surface area contributed by atoms with Crippen molar-refractivity contribution in [2.45, 2.75) is 13.8 Å². The molecule has 0 radical (unpaired) electrons. The molecule has 4 heterocycles. The Labute approximate surface area is 254 Å². The van der Waals surface area contributed by atoms with Gasteiger partial charge in [-0.15, -0.1) is 5.10 Å². The van der Waals surface area contributed by atoms with Gasteiger partial charge in [0.1, 0.15) is 0 Å². The molecule has 0 atom stereocenters. The fraction of sp³-hybridized carbons (Fsp3) is 0.0667. The summed E-state index contributed by atoms with van der Waals surface area (Å²) in [6.07, 6.45) is 0. The highest BCUT2D eigenvalue weighted by Crippen LogP contribution is 2.39. The molecule has 2 aromatic carbocycles. The highest BCUT2D eigenvalue weighted by atomic mass is 35.5. The van der Waals surface area contributed by atoms with Crippen LogP contribution in [-0.4, -0.2) is 20.4 Å². The Morgan fingerprint density at radius 1 is 0.600 bits per heavy atom. The van der Waals surface area contributed by atoms with Crippen LogP contribution in [0.15, 0.2) is 87.0 Å². The van der Waals surface area contributed by atoms with Crippen LogP contribution in [0.5, 0.6) is 0 Å². The van der Waals surface area contributed by atoms with Gasteiger partial charge in [-0.1, -0.05) is 59.1 Å². The van der Waals surface area contributed by atoms with Gasteiger partial charge in [0, 0.05) is 26.7 Å². The van der Waals surface area contributed by atoms with Gasteiger partial charge < -0.3 is 0 Å². The maximum Gasteiger partial charge on any atom is 0.272 e. The fourth-order valence-corrected chi connectivity index (χ4v) is 6.12. The molecule has 0 saturated carbocycles. The monoisotopic (exact) mass is 622 g/mol. The topological polar surface area (TPSA) is 71.5 Å². The molecule has 0 spiro atoms. The molecule has 10 heteroatoms. The predicted octanol–water partition coefficient (Wildman–Crippen LogP) is 9.61. The largest absolute Gasteiger partial charge is 0.272 e. The Hall–Kier alpha value is -3.33. The third-order valence-electron chi connectivity index (χ3n) is 6.16. The van der Waals surface area contributed by atoms with Crippen molar-refractivity contribution in [1.29, 1.82) is 0 Å². The number of nitrogens with one attached hydrogen (secondary N) is 1. The van der Waals surface area contributed by atoms with Crippen LogP contribution in [0.2, 0.25) is 15.2 Å². The quantitative estimate of drug-likeness (QED) is 0.212. The van der Waals surface area contributed by atoms with Crippen molar-refractivity contribution in [1.82, 2.24) is 20.4 Å². The standard InChI is InChI=1S/C15H10Cl2N2S.C15H11ClN2OS/c1-9-13(10-2-4-12(16)5-3-10)14(15(17)19-18-9)11-6-7-20-8-11;1-9-13(10-2-4-12(16)5-3-10)14(15(19)18-17-9)11-6-7-20-8-11/h2-8H,1H3;2-8H,1H3,(H,18,19). The lowest BCUT2D eigenvalue weighted by molar-refractivity contribution is 0.952. The fourth-order valence-electron chi connectivity index (χ4n) is 4.34. The van der Waals surface area contributed by atoms with Crippen molar-refractivity contribution in [3.63, 3.8) is 0 Å². The first-order chi connectivity index (χ1) is 19.3. The normalized spacial score (nSPS) is 10.7. The van der Waals surface area contributed by atoms with E-state index >= 15 is 0 Å². The molecule has 0 fully saturated rings. The smallest absolute Gasteiger partial charge is 0.267 e. The Morgan fingerprint density at radius 2 is 1.10 bits per heavy atom. The highest BCUT2D eigenvalue weighted by molar-refractivity contribution is 7.08. The first-order valence-electron chi connectivity index (χ1n) is 12.0. The van der Waals surface area contributed by atoms with E-state index in [1.165, 1.54) is 0 Å². The van der Waals surface area contributed by atoms with Crippen LogP contribution in [0.1, 0.15) is 11.4 Å². The molecule has 0 bridgehead atoms. The summed E-state index contributed by atoms with van der Waals surface area (Å²) in [7, 11) is 0. The van der Waals surface area contributed by atoms with Gasteiger partial charge in [-0.2, -0.15) is 32.9 Å². The predicted molar refractivity (Wildman–Crippen MR) is 169 cm³/mol. The van der Waals surface area contributed by atoms with Gasteiger partial charge >= 0.3 is 0 Å². The van der Waals surface area contributed by atoms with Crippen molar-refractivity contribution in [2.24, 2.45) is 0 Å². The van der Waals surface area contributed by atoms with Gasteiger partial charge in [-0.05, 0) is 94.0 Å². The molecule has 6 rings (SSSR count). The SMILES string of the molecule is Cc1n[nH]c(=O)c(-c2ccsc2)c1-c1ccc(Cl)cc1.Cc1nnc(Cl)c(-c2ccsc2)c1-c1ccc(Cl)cc1. The second kappa shape index (κ2) is 12.5. The molecule has 0 aliphatic heterocycles. The van der Waals surface area contributed by atoms with E-state index in [2.05, 4.69) is 25.8 Å². The first-order valence-corrected chi connectivity index (χ1v) is 15.0. The lowest BCUT2D eigenvalue weighted by atomic mass is 9.96. The summed E-state index contributed by atoms with van der Waals surface area (Å²) < 4.78 is 0. The Kier molecular flexibility index (Phi) is 8.78. The average molecular weight is 624 g/mol. The molecule has 200 valence electrons. The summed E-state index contributed by atoms with van der Waals surface area (Å²) in [4.78, 5) is 12.2. The summed E-state index contributed by atoms with van der Waals surface area (Å²) >= 11 is 21.4. The minimum Gasteiger partial charge on any atom is -0.267 e.